The van der Waals surface area contributed by atoms with Crippen LogP contribution in [0.1, 0.15) is 12.8 Å². The Bertz CT molecular complexity index is 317. The van der Waals surface area contributed by atoms with Crippen LogP contribution < -0.4 is 0 Å². The van der Waals surface area contributed by atoms with Crippen molar-refractivity contribution in [3.63, 3.8) is 0 Å². The van der Waals surface area contributed by atoms with E-state index in [4.69, 9.17) is 9.57 Å². The molecule has 1 saturated heterocycles. The molecule has 0 aromatic carbocycles. The summed E-state index contributed by atoms with van der Waals surface area (Å²) in [6, 6.07) is 0. The highest BCUT2D eigenvalue weighted by molar-refractivity contribution is 8.32. The smallest absolute Gasteiger partial charge is 0.300 e. The highest BCUT2D eigenvalue weighted by Crippen LogP contribution is 2.33. The van der Waals surface area contributed by atoms with E-state index in [0.717, 1.165) is 5.75 Å². The second-order valence-electron chi connectivity index (χ2n) is 4.86. The molecule has 0 aliphatic carbocycles. The number of hydrogen-bond acceptors (Lipinski definition) is 3. The summed E-state index contributed by atoms with van der Waals surface area (Å²) in [4.78, 5) is 16.6. The van der Waals surface area contributed by atoms with Crippen molar-refractivity contribution in [2.45, 2.75) is 12.8 Å². The van der Waals surface area contributed by atoms with Gasteiger partial charge in [0, 0.05) is 12.2 Å². The molecule has 0 spiro atoms. The molecule has 98 valence electrons. The molecule has 4 nitrogen and oxygen atoms in total. The third kappa shape index (κ3) is 4.73. The first-order valence-electron chi connectivity index (χ1n) is 5.46. The van der Waals surface area contributed by atoms with E-state index in [-0.39, 0.29) is 11.9 Å². The molecule has 1 rings (SSSR count). The largest absolute Gasteiger partial charge is 0.463 e. The molecule has 0 bridgehead atoms. The Labute approximate surface area is 105 Å². The number of nitrogens with zero attached hydrogens (tertiary/aromatic N) is 1. The van der Waals surface area contributed by atoms with Crippen molar-refractivity contribution < 1.29 is 14.4 Å². The summed E-state index contributed by atoms with van der Waals surface area (Å²) in [6.07, 6.45) is 7.72. The maximum absolute atomic E-state index is 11.4. The van der Waals surface area contributed by atoms with Gasteiger partial charge in [-0.25, -0.2) is 10.0 Å². The van der Waals surface area contributed by atoms with E-state index in [1.54, 1.807) is 0 Å². The zero-order chi connectivity index (χ0) is 13.1. The van der Waals surface area contributed by atoms with Crippen molar-refractivity contribution >= 4 is 15.9 Å². The molecule has 0 aromatic rings. The van der Waals surface area contributed by atoms with Crippen molar-refractivity contribution in [3.05, 3.63) is 24.8 Å². The molecule has 0 atom stereocenters. The second-order valence-corrected chi connectivity index (χ2v) is 9.45. The van der Waals surface area contributed by atoms with Crippen LogP contribution in [0.2, 0.25) is 0 Å². The predicted octanol–water partition coefficient (Wildman–Crippen LogP) is 2.24. The van der Waals surface area contributed by atoms with E-state index in [9.17, 15) is 4.79 Å². The maximum atomic E-state index is 11.4. The third-order valence-electron chi connectivity index (χ3n) is 2.29. The Hall–Kier alpha value is -1.10. The van der Waals surface area contributed by atoms with E-state index in [2.05, 4.69) is 31.9 Å². The molecule has 0 radical (unpaired) electrons. The lowest BCUT2D eigenvalue weighted by Crippen LogP contribution is -2.23. The van der Waals surface area contributed by atoms with Gasteiger partial charge in [-0.05, 0) is 31.8 Å². The first-order chi connectivity index (χ1) is 7.79. The minimum absolute atomic E-state index is 0.0961. The number of rotatable bonds is 6. The van der Waals surface area contributed by atoms with Crippen molar-refractivity contribution in [1.82, 2.24) is 5.06 Å². The number of amides is 1. The second kappa shape index (κ2) is 5.49. The standard InChI is InChI=1S/C12H21NO3S/c1-10-6-7-12(14)13(10)16-11(2)15-8-9-17(3,4)5/h1-2,6-9H2,3-5H3. The summed E-state index contributed by atoms with van der Waals surface area (Å²) in [5, 5.41) is 1.17. The van der Waals surface area contributed by atoms with E-state index in [1.807, 2.05) is 0 Å². The fourth-order valence-electron chi connectivity index (χ4n) is 1.28. The fourth-order valence-corrected chi connectivity index (χ4v) is 1.86. The molecule has 1 fully saturated rings. The van der Waals surface area contributed by atoms with E-state index < -0.39 is 10.0 Å². The quantitative estimate of drug-likeness (QED) is 0.687. The topological polar surface area (TPSA) is 38.8 Å². The van der Waals surface area contributed by atoms with Crippen LogP contribution in [0, 0.1) is 0 Å². The molecule has 5 heteroatoms. The SMILES string of the molecule is C=C(OCCS(C)(C)C)ON1C(=C)CCC1=O. The van der Waals surface area contributed by atoms with Crippen molar-refractivity contribution in [1.29, 1.82) is 0 Å². The van der Waals surface area contributed by atoms with Crippen LogP contribution in [0.5, 0.6) is 0 Å². The molecular formula is C12H21NO3S. The number of ether oxygens (including phenoxy) is 1. The van der Waals surface area contributed by atoms with Gasteiger partial charge in [0.1, 0.15) is 0 Å². The van der Waals surface area contributed by atoms with Gasteiger partial charge >= 0.3 is 0 Å². The minimum Gasteiger partial charge on any atom is -0.463 e. The van der Waals surface area contributed by atoms with Gasteiger partial charge in [-0.15, -0.1) is 5.06 Å². The van der Waals surface area contributed by atoms with Crippen LogP contribution in [0.15, 0.2) is 24.8 Å². The first kappa shape index (κ1) is 14.0. The Morgan fingerprint density at radius 2 is 2.06 bits per heavy atom. The Kier molecular flexibility index (Phi) is 4.51. The zero-order valence-corrected chi connectivity index (χ0v) is 11.6. The van der Waals surface area contributed by atoms with Gasteiger partial charge in [-0.2, -0.15) is 0 Å². The van der Waals surface area contributed by atoms with Gasteiger partial charge in [-0.1, -0.05) is 6.58 Å². The summed E-state index contributed by atoms with van der Waals surface area (Å²) in [5.41, 5.74) is 0.654. The summed E-state index contributed by atoms with van der Waals surface area (Å²) < 4.78 is 5.35. The van der Waals surface area contributed by atoms with Crippen LogP contribution in [0.4, 0.5) is 0 Å². The highest BCUT2D eigenvalue weighted by Gasteiger charge is 2.27. The number of carbonyl (C=O) groups is 1. The van der Waals surface area contributed by atoms with Crippen molar-refractivity contribution in [2.24, 2.45) is 0 Å². The van der Waals surface area contributed by atoms with Gasteiger partial charge < -0.3 is 9.57 Å². The van der Waals surface area contributed by atoms with Crippen LogP contribution in [-0.2, 0) is 14.4 Å². The Morgan fingerprint density at radius 1 is 1.41 bits per heavy atom. The number of hydrogen-bond donors (Lipinski definition) is 0. The Balaban J connectivity index is 2.30. The maximum Gasteiger partial charge on any atom is 0.300 e. The lowest BCUT2D eigenvalue weighted by atomic mass is 10.3. The number of hydroxylamine groups is 2. The lowest BCUT2D eigenvalue weighted by molar-refractivity contribution is -0.171. The summed E-state index contributed by atoms with van der Waals surface area (Å²) in [5.74, 6) is 1.04. The molecule has 0 unspecified atom stereocenters. The van der Waals surface area contributed by atoms with Crippen molar-refractivity contribution in [3.8, 4) is 0 Å². The van der Waals surface area contributed by atoms with Crippen LogP contribution in [0.25, 0.3) is 0 Å². The first-order valence-corrected chi connectivity index (χ1v) is 8.49. The molecule has 1 aliphatic heterocycles. The van der Waals surface area contributed by atoms with E-state index in [0.29, 0.717) is 25.1 Å². The van der Waals surface area contributed by atoms with E-state index >= 15 is 0 Å². The number of allylic oxidation sites excluding steroid dienone is 1. The normalized spacial score (nSPS) is 17.2. The van der Waals surface area contributed by atoms with Gasteiger partial charge in [0.25, 0.3) is 11.9 Å². The van der Waals surface area contributed by atoms with Gasteiger partial charge in [0.15, 0.2) is 0 Å². The molecular weight excluding hydrogens is 238 g/mol. The third-order valence-corrected chi connectivity index (χ3v) is 3.68. The molecule has 1 heterocycles. The molecule has 1 amide bonds. The monoisotopic (exact) mass is 259 g/mol. The summed E-state index contributed by atoms with van der Waals surface area (Å²) in [6.45, 7) is 7.94. The molecule has 1 aliphatic rings. The Morgan fingerprint density at radius 3 is 2.53 bits per heavy atom. The van der Waals surface area contributed by atoms with Crippen LogP contribution >= 0.6 is 10.0 Å². The average molecular weight is 259 g/mol. The lowest BCUT2D eigenvalue weighted by Gasteiger charge is -2.25. The van der Waals surface area contributed by atoms with Crippen LogP contribution in [-0.4, -0.2) is 42.1 Å². The summed E-state index contributed by atoms with van der Waals surface area (Å²) >= 11 is 0. The average Bonchev–Trinajstić information content (AvgIpc) is 2.47. The number of carbonyl (C=O) groups excluding carboxylic acids is 1. The molecule has 17 heavy (non-hydrogen) atoms. The van der Waals surface area contributed by atoms with Crippen molar-refractivity contribution in [2.75, 3.05) is 31.1 Å². The predicted molar refractivity (Wildman–Crippen MR) is 71.6 cm³/mol. The summed E-state index contributed by atoms with van der Waals surface area (Å²) in [7, 11) is -0.588. The zero-order valence-electron chi connectivity index (χ0n) is 10.8. The van der Waals surface area contributed by atoms with Gasteiger partial charge in [0.05, 0.1) is 12.3 Å². The highest BCUT2D eigenvalue weighted by atomic mass is 32.3. The minimum atomic E-state index is -0.588. The molecule has 0 N–H and O–H groups in total. The fraction of sp³-hybridized carbons (Fsp3) is 0.583. The van der Waals surface area contributed by atoms with Gasteiger partial charge in [0.2, 0.25) is 0 Å². The van der Waals surface area contributed by atoms with Gasteiger partial charge in [-0.3, -0.25) is 4.79 Å². The molecule has 0 aromatic heterocycles. The molecule has 0 saturated carbocycles. The van der Waals surface area contributed by atoms with Crippen LogP contribution in [0.3, 0.4) is 0 Å². The van der Waals surface area contributed by atoms with E-state index in [1.165, 1.54) is 5.06 Å².